The number of benzene rings is 4. The second kappa shape index (κ2) is 16.6. The number of Topliss-reactive ketones (excluding diaryl/α,β-unsaturated/α-hetero) is 1. The maximum Gasteiger partial charge on any atom is 0.379 e. The fourth-order valence-corrected chi connectivity index (χ4v) is 3.96. The Morgan fingerprint density at radius 1 is 0.560 bits per heavy atom. The van der Waals surface area contributed by atoms with E-state index in [1.54, 1.807) is 72.8 Å². The first-order chi connectivity index (χ1) is 23.9. The van der Waals surface area contributed by atoms with Crippen molar-refractivity contribution in [1.82, 2.24) is 0 Å². The van der Waals surface area contributed by atoms with Gasteiger partial charge in [0.05, 0.1) is 5.56 Å². The van der Waals surface area contributed by atoms with Crippen LogP contribution in [0.3, 0.4) is 0 Å². The van der Waals surface area contributed by atoms with Crippen molar-refractivity contribution in [2.24, 2.45) is 0 Å². The first-order valence-electron chi connectivity index (χ1n) is 14.8. The molecule has 4 aromatic carbocycles. The SMILES string of the molecule is C=CC(=O)Oc1ccc(C#Cc2ccc(-c3cc(OC(=O)C(=C)C)c(C#Cc4ccc(OC(=O)C=C)cc4)cc3OC(=O)C(C)=O)cc2)cc1. The van der Waals surface area contributed by atoms with Crippen molar-refractivity contribution in [1.29, 1.82) is 0 Å². The molecule has 0 saturated heterocycles. The summed E-state index contributed by atoms with van der Waals surface area (Å²) in [5.41, 5.74) is 3.04. The first kappa shape index (κ1) is 35.6. The molecule has 0 atom stereocenters. The summed E-state index contributed by atoms with van der Waals surface area (Å²) in [6, 6.07) is 22.8. The Hall–Kier alpha value is -7.23. The molecule has 50 heavy (non-hydrogen) atoms. The van der Waals surface area contributed by atoms with Crippen molar-refractivity contribution >= 4 is 29.7 Å². The minimum atomic E-state index is -1.10. The van der Waals surface area contributed by atoms with Crippen LogP contribution in [0.4, 0.5) is 0 Å². The number of ether oxygens (including phenoxy) is 4. The second-order valence-electron chi connectivity index (χ2n) is 10.3. The van der Waals surface area contributed by atoms with Gasteiger partial charge in [0.25, 0.3) is 0 Å². The van der Waals surface area contributed by atoms with Crippen molar-refractivity contribution in [3.8, 4) is 57.8 Å². The van der Waals surface area contributed by atoms with E-state index in [0.717, 1.165) is 19.1 Å². The van der Waals surface area contributed by atoms with Crippen LogP contribution in [0.2, 0.25) is 0 Å². The molecule has 9 heteroatoms. The van der Waals surface area contributed by atoms with Gasteiger partial charge in [-0.3, -0.25) is 4.79 Å². The van der Waals surface area contributed by atoms with E-state index in [4.69, 9.17) is 18.9 Å². The molecule has 0 aliphatic heterocycles. The number of hydrogen-bond donors (Lipinski definition) is 0. The molecule has 0 N–H and O–H groups in total. The van der Waals surface area contributed by atoms with E-state index in [0.29, 0.717) is 39.3 Å². The Kier molecular flexibility index (Phi) is 11.8. The van der Waals surface area contributed by atoms with Crippen LogP contribution in [0, 0.1) is 23.7 Å². The quantitative estimate of drug-likeness (QED) is 0.0666. The predicted octanol–water partition coefficient (Wildman–Crippen LogP) is 6.31. The molecule has 0 radical (unpaired) electrons. The summed E-state index contributed by atoms with van der Waals surface area (Å²) in [4.78, 5) is 59.8. The Balaban J connectivity index is 1.71. The van der Waals surface area contributed by atoms with Gasteiger partial charge in [0.2, 0.25) is 5.78 Å². The largest absolute Gasteiger partial charge is 0.423 e. The molecule has 0 aliphatic carbocycles. The number of rotatable bonds is 9. The van der Waals surface area contributed by atoms with Gasteiger partial charge in [-0.1, -0.05) is 55.6 Å². The van der Waals surface area contributed by atoms with Gasteiger partial charge in [0.1, 0.15) is 23.0 Å². The highest BCUT2D eigenvalue weighted by Gasteiger charge is 2.20. The maximum absolute atomic E-state index is 12.6. The molecule has 0 heterocycles. The minimum Gasteiger partial charge on any atom is -0.423 e. The third-order valence-electron chi connectivity index (χ3n) is 6.49. The van der Waals surface area contributed by atoms with Crippen LogP contribution in [0.15, 0.2) is 122 Å². The Labute approximate surface area is 288 Å². The zero-order valence-corrected chi connectivity index (χ0v) is 27.0. The van der Waals surface area contributed by atoms with Gasteiger partial charge in [-0.25, -0.2) is 19.2 Å². The van der Waals surface area contributed by atoms with E-state index in [-0.39, 0.29) is 22.6 Å². The summed E-state index contributed by atoms with van der Waals surface area (Å²) in [6.45, 7) is 12.9. The number of hydrogen-bond acceptors (Lipinski definition) is 9. The lowest BCUT2D eigenvalue weighted by Gasteiger charge is -2.14. The van der Waals surface area contributed by atoms with E-state index >= 15 is 0 Å². The lowest BCUT2D eigenvalue weighted by molar-refractivity contribution is -0.146. The molecule has 0 bridgehead atoms. The Bertz CT molecular complexity index is 2150. The van der Waals surface area contributed by atoms with E-state index in [9.17, 15) is 24.0 Å². The summed E-state index contributed by atoms with van der Waals surface area (Å²) >= 11 is 0. The smallest absolute Gasteiger partial charge is 0.379 e. The zero-order chi connectivity index (χ0) is 36.2. The normalized spacial score (nSPS) is 9.72. The summed E-state index contributed by atoms with van der Waals surface area (Å²) in [7, 11) is 0. The van der Waals surface area contributed by atoms with E-state index in [2.05, 4.69) is 43.4 Å². The zero-order valence-electron chi connectivity index (χ0n) is 27.0. The van der Waals surface area contributed by atoms with Crippen LogP contribution in [0.25, 0.3) is 11.1 Å². The average molecular weight is 665 g/mol. The van der Waals surface area contributed by atoms with Crippen molar-refractivity contribution in [3.05, 3.63) is 145 Å². The standard InChI is InChI=1S/C41H28O9/c1-6-38(43)47-33-20-13-29(14-21-33)9-8-28-10-17-31(18-11-28)35-25-36(49-40(45)26(3)4)32(24-37(35)50-41(46)27(5)42)19-12-30-15-22-34(23-16-30)48-39(44)7-2/h6-7,10-11,13-18,20-25H,1-3H2,4-5H3. The van der Waals surface area contributed by atoms with Gasteiger partial charge < -0.3 is 18.9 Å². The topological polar surface area (TPSA) is 122 Å². The van der Waals surface area contributed by atoms with Gasteiger partial charge in [-0.2, -0.15) is 0 Å². The molecular formula is C41H28O9. The molecule has 0 aliphatic rings. The third-order valence-corrected chi connectivity index (χ3v) is 6.49. The van der Waals surface area contributed by atoms with Crippen LogP contribution in [0.1, 0.15) is 36.1 Å². The van der Waals surface area contributed by atoms with Crippen molar-refractivity contribution in [2.75, 3.05) is 0 Å². The highest BCUT2D eigenvalue weighted by molar-refractivity contribution is 6.33. The molecule has 0 unspecified atom stereocenters. The first-order valence-corrected chi connectivity index (χ1v) is 14.8. The summed E-state index contributed by atoms with van der Waals surface area (Å²) in [5, 5.41) is 0. The van der Waals surface area contributed by atoms with Gasteiger partial charge >= 0.3 is 23.9 Å². The lowest BCUT2D eigenvalue weighted by atomic mass is 10.00. The van der Waals surface area contributed by atoms with Gasteiger partial charge in [0.15, 0.2) is 0 Å². The molecule has 0 fully saturated rings. The fourth-order valence-electron chi connectivity index (χ4n) is 3.96. The molecule has 0 spiro atoms. The van der Waals surface area contributed by atoms with Crippen molar-refractivity contribution in [3.63, 3.8) is 0 Å². The van der Waals surface area contributed by atoms with Crippen LogP contribution in [-0.2, 0) is 24.0 Å². The maximum atomic E-state index is 12.6. The molecule has 0 saturated carbocycles. The van der Waals surface area contributed by atoms with E-state index in [1.807, 2.05) is 0 Å². The number of ketones is 1. The monoisotopic (exact) mass is 664 g/mol. The summed E-state index contributed by atoms with van der Waals surface area (Å²) in [6.07, 6.45) is 2.11. The van der Waals surface area contributed by atoms with Gasteiger partial charge in [-0.05, 0) is 79.2 Å². The predicted molar refractivity (Wildman–Crippen MR) is 185 cm³/mol. The van der Waals surface area contributed by atoms with Crippen LogP contribution < -0.4 is 18.9 Å². The molecule has 9 nitrogen and oxygen atoms in total. The molecule has 4 rings (SSSR count). The number of esters is 4. The lowest BCUT2D eigenvalue weighted by Crippen LogP contribution is -2.17. The molecular weight excluding hydrogens is 636 g/mol. The van der Waals surface area contributed by atoms with Crippen LogP contribution in [-0.4, -0.2) is 29.7 Å². The molecule has 0 aromatic heterocycles. The highest BCUT2D eigenvalue weighted by Crippen LogP contribution is 2.37. The molecule has 4 aromatic rings. The fraction of sp³-hybridized carbons (Fsp3) is 0.0488. The van der Waals surface area contributed by atoms with E-state index in [1.165, 1.54) is 19.1 Å². The van der Waals surface area contributed by atoms with Crippen molar-refractivity contribution < 1.29 is 42.9 Å². The Morgan fingerprint density at radius 2 is 1.00 bits per heavy atom. The summed E-state index contributed by atoms with van der Waals surface area (Å²) in [5.74, 6) is 8.82. The third kappa shape index (κ3) is 9.88. The number of carbonyl (C=O) groups is 5. The average Bonchev–Trinajstić information content (AvgIpc) is 3.11. The molecule has 0 amide bonds. The van der Waals surface area contributed by atoms with Crippen LogP contribution in [0.5, 0.6) is 23.0 Å². The van der Waals surface area contributed by atoms with E-state index < -0.39 is 29.7 Å². The van der Waals surface area contributed by atoms with Gasteiger partial charge in [-0.15, -0.1) is 0 Å². The second-order valence-corrected chi connectivity index (χ2v) is 10.3. The van der Waals surface area contributed by atoms with Crippen molar-refractivity contribution in [2.45, 2.75) is 13.8 Å². The number of carbonyl (C=O) groups excluding carboxylic acids is 5. The minimum absolute atomic E-state index is 0.00705. The van der Waals surface area contributed by atoms with Crippen LogP contribution >= 0.6 is 0 Å². The molecule has 246 valence electrons. The summed E-state index contributed by atoms with van der Waals surface area (Å²) < 4.78 is 21.2. The van der Waals surface area contributed by atoms with Gasteiger partial charge in [0, 0.05) is 53.0 Å². The highest BCUT2D eigenvalue weighted by atomic mass is 16.5. The Morgan fingerprint density at radius 3 is 1.44 bits per heavy atom.